The molecule has 0 saturated carbocycles. The quantitative estimate of drug-likeness (QED) is 0.657. The van der Waals surface area contributed by atoms with E-state index in [9.17, 15) is 9.59 Å². The van der Waals surface area contributed by atoms with Crippen molar-refractivity contribution in [1.82, 2.24) is 24.9 Å². The van der Waals surface area contributed by atoms with E-state index in [1.165, 1.54) is 17.9 Å². The molecular weight excluding hydrogens is 402 g/mol. The zero-order valence-electron chi connectivity index (χ0n) is 13.9. The molecule has 134 valence electrons. The number of carbonyl (C=O) groups excluding carboxylic acids is 1. The molecule has 0 fully saturated rings. The number of nitrogens with one attached hydrogen (secondary N) is 1. The molecule has 0 atom stereocenters. The van der Waals surface area contributed by atoms with E-state index in [2.05, 4.69) is 31.4 Å². The largest absolute Gasteiger partial charge is 0.497 e. The number of nitrogens with zero attached hydrogens (tertiary/aromatic N) is 4. The molecule has 1 N–H and O–H groups in total. The summed E-state index contributed by atoms with van der Waals surface area (Å²) >= 11 is 3.35. The van der Waals surface area contributed by atoms with Crippen LogP contribution in [0.3, 0.4) is 0 Å². The molecule has 3 rings (SSSR count). The first kappa shape index (κ1) is 17.9. The van der Waals surface area contributed by atoms with Gasteiger partial charge in [0.15, 0.2) is 5.82 Å². The molecule has 9 heteroatoms. The predicted octanol–water partition coefficient (Wildman–Crippen LogP) is 1.63. The molecule has 0 aliphatic heterocycles. The van der Waals surface area contributed by atoms with Crippen molar-refractivity contribution in [1.29, 1.82) is 0 Å². The summed E-state index contributed by atoms with van der Waals surface area (Å²) in [5, 5.41) is 11.1. The van der Waals surface area contributed by atoms with Crippen LogP contribution in [-0.2, 0) is 6.54 Å². The highest BCUT2D eigenvalue weighted by atomic mass is 79.9. The summed E-state index contributed by atoms with van der Waals surface area (Å²) < 4.78 is 8.64. The summed E-state index contributed by atoms with van der Waals surface area (Å²) in [5.74, 6) is 0.840. The summed E-state index contributed by atoms with van der Waals surface area (Å²) in [7, 11) is 1.54. The number of benzene rings is 1. The summed E-state index contributed by atoms with van der Waals surface area (Å²) in [4.78, 5) is 24.3. The summed E-state index contributed by atoms with van der Waals surface area (Å²) in [5.41, 5.74) is 0.202. The van der Waals surface area contributed by atoms with Crippen LogP contribution in [0.2, 0.25) is 0 Å². The van der Waals surface area contributed by atoms with Crippen molar-refractivity contribution in [3.05, 3.63) is 69.2 Å². The number of halogens is 1. The molecular formula is C17H16BrN5O3. The average Bonchev–Trinajstić information content (AvgIpc) is 3.18. The minimum absolute atomic E-state index is 0.237. The van der Waals surface area contributed by atoms with E-state index in [1.807, 2.05) is 0 Å². The first-order valence-electron chi connectivity index (χ1n) is 7.78. The molecule has 2 heterocycles. The predicted molar refractivity (Wildman–Crippen MR) is 98.6 cm³/mol. The minimum atomic E-state index is -0.271. The Hall–Kier alpha value is -2.94. The minimum Gasteiger partial charge on any atom is -0.497 e. The van der Waals surface area contributed by atoms with Crippen molar-refractivity contribution in [3.8, 4) is 11.6 Å². The second kappa shape index (κ2) is 7.96. The number of methoxy groups -OCH3 is 1. The zero-order chi connectivity index (χ0) is 18.5. The maximum atomic E-state index is 12.3. The van der Waals surface area contributed by atoms with Gasteiger partial charge in [0.25, 0.3) is 11.5 Å². The normalized spacial score (nSPS) is 10.5. The molecule has 0 aliphatic carbocycles. The van der Waals surface area contributed by atoms with Gasteiger partial charge in [0, 0.05) is 29.5 Å². The molecule has 0 unspecified atom stereocenters. The summed E-state index contributed by atoms with van der Waals surface area (Å²) in [6, 6.07) is 9.92. The fourth-order valence-electron chi connectivity index (χ4n) is 2.30. The Labute approximate surface area is 157 Å². The lowest BCUT2D eigenvalue weighted by Crippen LogP contribution is -2.32. The van der Waals surface area contributed by atoms with Crippen LogP contribution in [0, 0.1) is 0 Å². The molecule has 3 aromatic rings. The first-order chi connectivity index (χ1) is 12.6. The Morgan fingerprint density at radius 3 is 2.88 bits per heavy atom. The molecule has 8 nitrogen and oxygen atoms in total. The van der Waals surface area contributed by atoms with Gasteiger partial charge in [-0.3, -0.25) is 9.59 Å². The fourth-order valence-corrected chi connectivity index (χ4v) is 2.73. The number of hydrogen-bond acceptors (Lipinski definition) is 5. The van der Waals surface area contributed by atoms with E-state index in [0.29, 0.717) is 21.6 Å². The number of hydrogen-bond donors (Lipinski definition) is 1. The topological polar surface area (TPSA) is 91.0 Å². The van der Waals surface area contributed by atoms with Gasteiger partial charge in [-0.25, -0.2) is 9.36 Å². The zero-order valence-corrected chi connectivity index (χ0v) is 15.5. The second-order valence-electron chi connectivity index (χ2n) is 5.31. The van der Waals surface area contributed by atoms with Crippen molar-refractivity contribution in [3.63, 3.8) is 0 Å². The van der Waals surface area contributed by atoms with Gasteiger partial charge in [-0.15, -0.1) is 5.10 Å². The number of ether oxygens (including phenoxy) is 1. The lowest BCUT2D eigenvalue weighted by Gasteiger charge is -2.10. The molecule has 0 bridgehead atoms. The van der Waals surface area contributed by atoms with Crippen LogP contribution in [0.5, 0.6) is 5.75 Å². The van der Waals surface area contributed by atoms with Crippen LogP contribution >= 0.6 is 15.9 Å². The lowest BCUT2D eigenvalue weighted by atomic mass is 10.2. The highest BCUT2D eigenvalue weighted by molar-refractivity contribution is 9.10. The van der Waals surface area contributed by atoms with Gasteiger partial charge < -0.3 is 10.1 Å². The van der Waals surface area contributed by atoms with E-state index in [-0.39, 0.29) is 24.6 Å². The molecule has 1 amide bonds. The van der Waals surface area contributed by atoms with Crippen molar-refractivity contribution < 1.29 is 9.53 Å². The van der Waals surface area contributed by atoms with Crippen LogP contribution in [0.15, 0.2) is 58.1 Å². The molecule has 26 heavy (non-hydrogen) atoms. The standard InChI is InChI=1S/C17H16BrN5O3/c1-26-12-3-4-14(18)13(11-12)17(25)19-8-10-23-16(24)6-5-15(21-23)22-9-2-7-20-22/h2-7,9,11H,8,10H2,1H3,(H,19,25). The Kier molecular flexibility index (Phi) is 5.47. The van der Waals surface area contributed by atoms with E-state index in [0.717, 1.165) is 0 Å². The van der Waals surface area contributed by atoms with Gasteiger partial charge >= 0.3 is 0 Å². The molecule has 0 aliphatic rings. The van der Waals surface area contributed by atoms with E-state index in [4.69, 9.17) is 4.74 Å². The van der Waals surface area contributed by atoms with E-state index < -0.39 is 0 Å². The molecule has 2 aromatic heterocycles. The Bertz CT molecular complexity index is 969. The maximum Gasteiger partial charge on any atom is 0.266 e. The summed E-state index contributed by atoms with van der Waals surface area (Å²) in [6.07, 6.45) is 3.36. The van der Waals surface area contributed by atoms with E-state index >= 15 is 0 Å². The number of amides is 1. The SMILES string of the molecule is COc1ccc(Br)c(C(=O)NCCn2nc(-n3cccn3)ccc2=O)c1. The van der Waals surface area contributed by atoms with Crippen LogP contribution in [0.25, 0.3) is 5.82 Å². The van der Waals surface area contributed by atoms with Crippen molar-refractivity contribution in [2.45, 2.75) is 6.54 Å². The molecule has 0 saturated heterocycles. The Balaban J connectivity index is 1.67. The highest BCUT2D eigenvalue weighted by Gasteiger charge is 2.11. The Morgan fingerprint density at radius 2 is 2.15 bits per heavy atom. The van der Waals surface area contributed by atoms with Crippen LogP contribution in [0.1, 0.15) is 10.4 Å². The van der Waals surface area contributed by atoms with Gasteiger partial charge in [-0.2, -0.15) is 5.10 Å². The maximum absolute atomic E-state index is 12.3. The third-order valence-corrected chi connectivity index (χ3v) is 4.31. The summed E-state index contributed by atoms with van der Waals surface area (Å²) in [6.45, 7) is 0.485. The molecule has 0 radical (unpaired) electrons. The van der Waals surface area contributed by atoms with E-state index in [1.54, 1.807) is 47.4 Å². The number of rotatable bonds is 6. The van der Waals surface area contributed by atoms with Crippen molar-refractivity contribution in [2.75, 3.05) is 13.7 Å². The molecule has 1 aromatic carbocycles. The van der Waals surface area contributed by atoms with Crippen LogP contribution < -0.4 is 15.6 Å². The fraction of sp³-hybridized carbons (Fsp3) is 0.176. The highest BCUT2D eigenvalue weighted by Crippen LogP contribution is 2.22. The first-order valence-corrected chi connectivity index (χ1v) is 8.57. The van der Waals surface area contributed by atoms with Crippen molar-refractivity contribution in [2.24, 2.45) is 0 Å². The van der Waals surface area contributed by atoms with Gasteiger partial charge in [0.1, 0.15) is 5.75 Å². The third kappa shape index (κ3) is 3.99. The number of aromatic nitrogens is 4. The van der Waals surface area contributed by atoms with Gasteiger partial charge in [-0.05, 0) is 46.3 Å². The Morgan fingerprint density at radius 1 is 1.31 bits per heavy atom. The van der Waals surface area contributed by atoms with Gasteiger partial charge in [-0.1, -0.05) is 0 Å². The van der Waals surface area contributed by atoms with Gasteiger partial charge in [0.2, 0.25) is 0 Å². The van der Waals surface area contributed by atoms with Crippen LogP contribution in [-0.4, -0.2) is 39.1 Å². The second-order valence-corrected chi connectivity index (χ2v) is 6.16. The van der Waals surface area contributed by atoms with Crippen molar-refractivity contribution >= 4 is 21.8 Å². The monoisotopic (exact) mass is 417 g/mol. The lowest BCUT2D eigenvalue weighted by molar-refractivity contribution is 0.0950. The molecule has 0 spiro atoms. The van der Waals surface area contributed by atoms with Gasteiger partial charge in [0.05, 0.1) is 19.2 Å². The third-order valence-electron chi connectivity index (χ3n) is 3.62. The van der Waals surface area contributed by atoms with Crippen LogP contribution in [0.4, 0.5) is 0 Å². The smallest absolute Gasteiger partial charge is 0.266 e. The average molecular weight is 418 g/mol. The number of carbonyl (C=O) groups is 1.